The van der Waals surface area contributed by atoms with Crippen LogP contribution in [0.25, 0.3) is 0 Å². The maximum absolute atomic E-state index is 12.8. The number of carboxylic acids is 1. The Kier molecular flexibility index (Phi) is 7.15. The largest absolute Gasteiger partial charge is 0.545 e. The number of carboxylic acid groups (broad SMARTS) is 1. The zero-order valence-electron chi connectivity index (χ0n) is 18.3. The molecule has 0 atom stereocenters. The molecule has 1 N–H and O–H groups in total. The van der Waals surface area contributed by atoms with Crippen molar-refractivity contribution < 1.29 is 29.0 Å². The number of Topliss-reactive ketones (excluding diaryl/α,β-unsaturated/α-hetero) is 1. The van der Waals surface area contributed by atoms with Crippen LogP contribution in [0.15, 0.2) is 58.9 Å². The van der Waals surface area contributed by atoms with Gasteiger partial charge < -0.3 is 24.7 Å². The number of aliphatic imine (C=N–C) groups is 1. The SMILES string of the molecule is COc1cccc(CNC(=O)C2=Nc3scc(COCc4ccc(C(=O)[O-])cc4)c3C(=O)C2)c1. The van der Waals surface area contributed by atoms with Gasteiger partial charge in [0.05, 0.1) is 38.3 Å². The number of rotatable bonds is 9. The van der Waals surface area contributed by atoms with Crippen LogP contribution in [0.4, 0.5) is 5.00 Å². The molecular formula is C25H21N2O6S-. The highest BCUT2D eigenvalue weighted by atomic mass is 32.1. The highest BCUT2D eigenvalue weighted by Crippen LogP contribution is 2.36. The van der Waals surface area contributed by atoms with Crippen LogP contribution in [0.5, 0.6) is 5.75 Å². The fourth-order valence-electron chi connectivity index (χ4n) is 3.49. The van der Waals surface area contributed by atoms with Gasteiger partial charge in [-0.2, -0.15) is 0 Å². The van der Waals surface area contributed by atoms with Crippen molar-refractivity contribution in [2.24, 2.45) is 4.99 Å². The summed E-state index contributed by atoms with van der Waals surface area (Å²) in [5, 5.41) is 15.9. The molecule has 1 aliphatic rings. The zero-order chi connectivity index (χ0) is 24.1. The number of benzene rings is 2. The molecule has 1 aliphatic heterocycles. The van der Waals surface area contributed by atoms with E-state index >= 15 is 0 Å². The second kappa shape index (κ2) is 10.4. The van der Waals surface area contributed by atoms with Crippen LogP contribution in [0.1, 0.15) is 43.8 Å². The van der Waals surface area contributed by atoms with Gasteiger partial charge >= 0.3 is 0 Å². The topological polar surface area (TPSA) is 117 Å². The Bertz CT molecular complexity index is 1260. The molecule has 3 aromatic rings. The Morgan fingerprint density at radius 1 is 1.12 bits per heavy atom. The average molecular weight is 478 g/mol. The fraction of sp³-hybridized carbons (Fsp3) is 0.200. The molecule has 2 aromatic carbocycles. The number of thiophene rings is 1. The van der Waals surface area contributed by atoms with Crippen LogP contribution >= 0.6 is 11.3 Å². The van der Waals surface area contributed by atoms with Gasteiger partial charge in [0, 0.05) is 12.1 Å². The minimum Gasteiger partial charge on any atom is -0.545 e. The number of carbonyl (C=O) groups excluding carboxylic acids is 3. The van der Waals surface area contributed by atoms with Gasteiger partial charge in [-0.05, 0) is 34.2 Å². The first-order valence-corrected chi connectivity index (χ1v) is 11.3. The van der Waals surface area contributed by atoms with Crippen molar-refractivity contribution in [3.63, 3.8) is 0 Å². The average Bonchev–Trinajstić information content (AvgIpc) is 3.26. The van der Waals surface area contributed by atoms with Gasteiger partial charge in [-0.15, -0.1) is 11.3 Å². The molecule has 0 bridgehead atoms. The number of nitrogens with one attached hydrogen (secondary N) is 1. The first kappa shape index (κ1) is 23.3. The van der Waals surface area contributed by atoms with E-state index in [4.69, 9.17) is 9.47 Å². The number of carbonyl (C=O) groups is 3. The normalized spacial score (nSPS) is 12.6. The number of ketones is 1. The second-order valence-electron chi connectivity index (χ2n) is 7.61. The van der Waals surface area contributed by atoms with Crippen molar-refractivity contribution in [1.29, 1.82) is 0 Å². The van der Waals surface area contributed by atoms with Crippen LogP contribution in [0, 0.1) is 0 Å². The minimum absolute atomic E-state index is 0.0780. The fourth-order valence-corrected chi connectivity index (χ4v) is 4.45. The summed E-state index contributed by atoms with van der Waals surface area (Å²) in [6, 6.07) is 13.6. The van der Waals surface area contributed by atoms with Crippen LogP contribution in [-0.4, -0.2) is 30.5 Å². The molecule has 1 aromatic heterocycles. The molecule has 0 saturated carbocycles. The molecule has 174 valence electrons. The Labute approximate surface area is 199 Å². The third kappa shape index (κ3) is 5.38. The first-order valence-electron chi connectivity index (χ1n) is 10.4. The van der Waals surface area contributed by atoms with Gasteiger partial charge in [0.15, 0.2) is 5.78 Å². The van der Waals surface area contributed by atoms with Crippen molar-refractivity contribution >= 4 is 39.7 Å². The Morgan fingerprint density at radius 3 is 2.65 bits per heavy atom. The third-order valence-electron chi connectivity index (χ3n) is 5.26. The summed E-state index contributed by atoms with van der Waals surface area (Å²) in [6.07, 6.45) is -0.0780. The lowest BCUT2D eigenvalue weighted by Gasteiger charge is -2.14. The zero-order valence-corrected chi connectivity index (χ0v) is 19.1. The lowest BCUT2D eigenvalue weighted by molar-refractivity contribution is -0.255. The standard InChI is InChI=1S/C25H22N2O6S/c1-32-19-4-2-3-16(9-19)11-26-23(29)20-10-21(28)22-18(14-34-24(22)27-20)13-33-12-15-5-7-17(8-6-15)25(30)31/h2-9,14H,10-13H2,1H3,(H,26,29)(H,30,31)/p-1. The molecule has 0 saturated heterocycles. The molecule has 4 rings (SSSR count). The highest BCUT2D eigenvalue weighted by molar-refractivity contribution is 7.14. The van der Waals surface area contributed by atoms with E-state index in [1.807, 2.05) is 29.6 Å². The molecule has 8 nitrogen and oxygen atoms in total. The number of hydrogen-bond acceptors (Lipinski definition) is 8. The molecule has 1 amide bonds. The van der Waals surface area contributed by atoms with Gasteiger partial charge in [-0.3, -0.25) is 9.59 Å². The van der Waals surface area contributed by atoms with Gasteiger partial charge in [0.2, 0.25) is 0 Å². The summed E-state index contributed by atoms with van der Waals surface area (Å²) < 4.78 is 10.9. The number of amides is 1. The molecule has 9 heteroatoms. The van der Waals surface area contributed by atoms with Crippen LogP contribution in [-0.2, 0) is 29.3 Å². The molecule has 0 unspecified atom stereocenters. The molecule has 0 aliphatic carbocycles. The number of ether oxygens (including phenoxy) is 2. The van der Waals surface area contributed by atoms with Gasteiger partial charge in [0.25, 0.3) is 5.91 Å². The van der Waals surface area contributed by atoms with E-state index in [0.29, 0.717) is 22.9 Å². The van der Waals surface area contributed by atoms with Crippen molar-refractivity contribution in [1.82, 2.24) is 5.32 Å². The lowest BCUT2D eigenvalue weighted by Crippen LogP contribution is -2.33. The number of fused-ring (bicyclic) bond motifs is 1. The molecule has 2 heterocycles. The van der Waals surface area contributed by atoms with Crippen LogP contribution in [0.3, 0.4) is 0 Å². The van der Waals surface area contributed by atoms with E-state index in [9.17, 15) is 19.5 Å². The Balaban J connectivity index is 1.36. The molecule has 0 spiro atoms. The van der Waals surface area contributed by atoms with E-state index in [1.54, 1.807) is 19.2 Å². The van der Waals surface area contributed by atoms with Gasteiger partial charge in [0.1, 0.15) is 16.5 Å². The van der Waals surface area contributed by atoms with Crippen molar-refractivity contribution in [3.8, 4) is 5.75 Å². The second-order valence-corrected chi connectivity index (χ2v) is 8.47. The predicted molar refractivity (Wildman–Crippen MR) is 124 cm³/mol. The summed E-state index contributed by atoms with van der Waals surface area (Å²) in [7, 11) is 1.58. The summed E-state index contributed by atoms with van der Waals surface area (Å²) in [5.74, 6) is -1.09. The van der Waals surface area contributed by atoms with E-state index in [2.05, 4.69) is 10.3 Å². The summed E-state index contributed by atoms with van der Waals surface area (Å²) >= 11 is 1.29. The predicted octanol–water partition coefficient (Wildman–Crippen LogP) is 2.81. The first-order chi connectivity index (χ1) is 16.4. The van der Waals surface area contributed by atoms with E-state index in [-0.39, 0.29) is 42.6 Å². The summed E-state index contributed by atoms with van der Waals surface area (Å²) in [4.78, 5) is 40.6. The summed E-state index contributed by atoms with van der Waals surface area (Å²) in [5.41, 5.74) is 3.16. The monoisotopic (exact) mass is 477 g/mol. The van der Waals surface area contributed by atoms with Crippen molar-refractivity contribution in [2.75, 3.05) is 7.11 Å². The highest BCUT2D eigenvalue weighted by Gasteiger charge is 2.28. The van der Waals surface area contributed by atoms with Crippen molar-refractivity contribution in [2.45, 2.75) is 26.2 Å². The van der Waals surface area contributed by atoms with E-state index in [1.165, 1.54) is 23.5 Å². The van der Waals surface area contributed by atoms with Gasteiger partial charge in [-0.1, -0.05) is 36.4 Å². The number of aromatic carboxylic acids is 1. The molecule has 0 radical (unpaired) electrons. The summed E-state index contributed by atoms with van der Waals surface area (Å²) in [6.45, 7) is 0.754. The van der Waals surface area contributed by atoms with Crippen molar-refractivity contribution in [3.05, 3.63) is 81.7 Å². The maximum atomic E-state index is 12.8. The number of nitrogens with zero attached hydrogens (tertiary/aromatic N) is 1. The van der Waals surface area contributed by atoms with Crippen LogP contribution < -0.4 is 15.2 Å². The quantitative estimate of drug-likeness (QED) is 0.507. The smallest absolute Gasteiger partial charge is 0.266 e. The third-order valence-corrected chi connectivity index (χ3v) is 6.18. The number of hydrogen-bond donors (Lipinski definition) is 1. The Hall–Kier alpha value is -3.82. The minimum atomic E-state index is -1.23. The number of methoxy groups -OCH3 is 1. The van der Waals surface area contributed by atoms with Crippen LogP contribution in [0.2, 0.25) is 0 Å². The molecule has 34 heavy (non-hydrogen) atoms. The molecular weight excluding hydrogens is 456 g/mol. The van der Waals surface area contributed by atoms with E-state index < -0.39 is 5.97 Å². The van der Waals surface area contributed by atoms with E-state index in [0.717, 1.165) is 16.7 Å². The lowest BCUT2D eigenvalue weighted by atomic mass is 10.0. The van der Waals surface area contributed by atoms with Gasteiger partial charge in [-0.25, -0.2) is 4.99 Å². The molecule has 0 fully saturated rings. The Morgan fingerprint density at radius 2 is 1.91 bits per heavy atom. The maximum Gasteiger partial charge on any atom is 0.266 e.